The summed E-state index contributed by atoms with van der Waals surface area (Å²) in [6.07, 6.45) is 3.79. The average Bonchev–Trinajstić information content (AvgIpc) is 3.16. The molecule has 0 spiro atoms. The molecule has 0 aliphatic carbocycles. The van der Waals surface area contributed by atoms with E-state index in [1.807, 2.05) is 59.5 Å². The minimum Gasteiger partial charge on any atom is -0.338 e. The van der Waals surface area contributed by atoms with Gasteiger partial charge in [-0.3, -0.25) is 14.6 Å². The third-order valence-electron chi connectivity index (χ3n) is 5.81. The Hall–Kier alpha value is -3.47. The fourth-order valence-electron chi connectivity index (χ4n) is 4.07. The summed E-state index contributed by atoms with van der Waals surface area (Å²) in [5.74, 6) is -0.257. The molecule has 0 N–H and O–H groups in total. The molecule has 1 fully saturated rings. The van der Waals surface area contributed by atoms with Gasteiger partial charge in [0.05, 0.1) is 5.92 Å². The molecule has 1 unspecified atom stereocenters. The van der Waals surface area contributed by atoms with E-state index in [0.29, 0.717) is 26.2 Å². The Kier molecular flexibility index (Phi) is 6.41. The third-order valence-corrected chi connectivity index (χ3v) is 5.81. The van der Waals surface area contributed by atoms with E-state index >= 15 is 0 Å². The zero-order valence-electron chi connectivity index (χ0n) is 17.8. The lowest BCUT2D eigenvalue weighted by molar-refractivity contribution is -0.137. The molecule has 31 heavy (non-hydrogen) atoms. The summed E-state index contributed by atoms with van der Waals surface area (Å²) in [6.45, 7) is 4.06. The highest BCUT2D eigenvalue weighted by Crippen LogP contribution is 2.24. The Bertz CT molecular complexity index is 1040. The molecule has 5 heteroatoms. The van der Waals surface area contributed by atoms with Crippen molar-refractivity contribution in [1.82, 2.24) is 14.8 Å². The Balaban J connectivity index is 1.51. The van der Waals surface area contributed by atoms with Crippen molar-refractivity contribution in [3.8, 4) is 0 Å². The quantitative estimate of drug-likeness (QED) is 0.589. The Labute approximate surface area is 183 Å². The van der Waals surface area contributed by atoms with Crippen LogP contribution in [0, 0.1) is 12.8 Å². The molecule has 2 heterocycles. The van der Waals surface area contributed by atoms with E-state index < -0.39 is 0 Å². The van der Waals surface area contributed by atoms with Crippen LogP contribution in [-0.2, 0) is 29.2 Å². The molecule has 2 amide bonds. The van der Waals surface area contributed by atoms with Gasteiger partial charge >= 0.3 is 0 Å². The average molecular weight is 414 g/mol. The highest BCUT2D eigenvalue weighted by Gasteiger charge is 2.36. The second-order valence-electron chi connectivity index (χ2n) is 8.14. The minimum absolute atomic E-state index is 0.0241. The molecule has 1 saturated heterocycles. The van der Waals surface area contributed by atoms with Gasteiger partial charge in [0.15, 0.2) is 0 Å². The van der Waals surface area contributed by atoms with Crippen LogP contribution in [0.1, 0.15) is 28.7 Å². The monoisotopic (exact) mass is 413 g/mol. The van der Waals surface area contributed by atoms with Crippen LogP contribution >= 0.6 is 0 Å². The van der Waals surface area contributed by atoms with Crippen molar-refractivity contribution in [3.05, 3.63) is 101 Å². The molecule has 1 atom stereocenters. The lowest BCUT2D eigenvalue weighted by atomic mass is 10.0. The number of likely N-dealkylation sites (tertiary alicyclic amines) is 1. The molecular formula is C26H27N3O2. The number of carbonyl (C=O) groups is 2. The van der Waals surface area contributed by atoms with E-state index in [-0.39, 0.29) is 24.2 Å². The molecule has 2 aromatic carbocycles. The number of pyridine rings is 1. The van der Waals surface area contributed by atoms with Crippen LogP contribution in [0.25, 0.3) is 0 Å². The first-order chi connectivity index (χ1) is 15.1. The van der Waals surface area contributed by atoms with Crippen LogP contribution in [0.15, 0.2) is 79.1 Å². The van der Waals surface area contributed by atoms with Gasteiger partial charge in [0.1, 0.15) is 0 Å². The Morgan fingerprint density at radius 3 is 2.48 bits per heavy atom. The summed E-state index contributed by atoms with van der Waals surface area (Å²) < 4.78 is 0. The van der Waals surface area contributed by atoms with Crippen molar-refractivity contribution in [3.63, 3.8) is 0 Å². The highest BCUT2D eigenvalue weighted by molar-refractivity contribution is 5.89. The predicted octanol–water partition coefficient (Wildman–Crippen LogP) is 3.97. The lowest BCUT2D eigenvalue weighted by Gasteiger charge is -2.26. The maximum atomic E-state index is 13.5. The Morgan fingerprint density at radius 1 is 1.00 bits per heavy atom. The van der Waals surface area contributed by atoms with Gasteiger partial charge in [0, 0.05) is 45.0 Å². The van der Waals surface area contributed by atoms with Crippen LogP contribution in [0.2, 0.25) is 0 Å². The number of hydrogen-bond acceptors (Lipinski definition) is 3. The van der Waals surface area contributed by atoms with Crippen molar-refractivity contribution >= 4 is 11.8 Å². The molecule has 0 bridgehead atoms. The van der Waals surface area contributed by atoms with Crippen molar-refractivity contribution in [2.45, 2.75) is 33.0 Å². The van der Waals surface area contributed by atoms with Crippen LogP contribution in [0.3, 0.4) is 0 Å². The van der Waals surface area contributed by atoms with Gasteiger partial charge in [-0.05, 0) is 35.2 Å². The third kappa shape index (κ3) is 5.18. The minimum atomic E-state index is -0.322. The van der Waals surface area contributed by atoms with E-state index in [2.05, 4.69) is 24.0 Å². The zero-order chi connectivity index (χ0) is 21.6. The summed E-state index contributed by atoms with van der Waals surface area (Å²) in [5, 5.41) is 0. The molecule has 158 valence electrons. The van der Waals surface area contributed by atoms with Crippen LogP contribution in [0.5, 0.6) is 0 Å². The summed E-state index contributed by atoms with van der Waals surface area (Å²) in [5.41, 5.74) is 4.33. The molecule has 4 rings (SSSR count). The number of rotatable bonds is 7. The fourth-order valence-corrected chi connectivity index (χ4v) is 4.07. The smallest absolute Gasteiger partial charge is 0.228 e. The van der Waals surface area contributed by atoms with E-state index in [4.69, 9.17) is 0 Å². The van der Waals surface area contributed by atoms with E-state index in [1.165, 1.54) is 0 Å². The van der Waals surface area contributed by atoms with E-state index in [1.54, 1.807) is 17.3 Å². The van der Waals surface area contributed by atoms with Crippen LogP contribution in [0.4, 0.5) is 0 Å². The fraction of sp³-hybridized carbons (Fsp3) is 0.269. The van der Waals surface area contributed by atoms with Gasteiger partial charge in [-0.25, -0.2) is 0 Å². The number of aromatic nitrogens is 1. The summed E-state index contributed by atoms with van der Waals surface area (Å²) in [4.78, 5) is 34.0. The van der Waals surface area contributed by atoms with Gasteiger partial charge in [0.25, 0.3) is 0 Å². The van der Waals surface area contributed by atoms with E-state index in [9.17, 15) is 9.59 Å². The first-order valence-corrected chi connectivity index (χ1v) is 10.6. The highest BCUT2D eigenvalue weighted by atomic mass is 16.2. The van der Waals surface area contributed by atoms with Gasteiger partial charge in [-0.15, -0.1) is 0 Å². The second-order valence-corrected chi connectivity index (χ2v) is 8.14. The number of aryl methyl sites for hydroxylation is 1. The standard InChI is InChI=1S/C26H27N3O2/c1-20-8-5-6-12-23(20)18-29(17-22-11-7-13-27-15-22)26(31)24-14-25(30)28(19-24)16-21-9-3-2-4-10-21/h2-13,15,24H,14,16-19H2,1H3. The van der Waals surface area contributed by atoms with Crippen molar-refractivity contribution in [2.75, 3.05) is 6.54 Å². The van der Waals surface area contributed by atoms with Gasteiger partial charge in [-0.2, -0.15) is 0 Å². The molecule has 1 aliphatic rings. The number of carbonyl (C=O) groups excluding carboxylic acids is 2. The molecule has 1 aliphatic heterocycles. The molecule has 1 aromatic heterocycles. The molecule has 0 saturated carbocycles. The first kappa shape index (κ1) is 20.8. The zero-order valence-corrected chi connectivity index (χ0v) is 17.8. The predicted molar refractivity (Wildman–Crippen MR) is 120 cm³/mol. The van der Waals surface area contributed by atoms with E-state index in [0.717, 1.165) is 22.3 Å². The van der Waals surface area contributed by atoms with Crippen molar-refractivity contribution < 1.29 is 9.59 Å². The van der Waals surface area contributed by atoms with Gasteiger partial charge in [0.2, 0.25) is 11.8 Å². The summed E-state index contributed by atoms with van der Waals surface area (Å²) in [6, 6.07) is 21.9. The number of hydrogen-bond donors (Lipinski definition) is 0. The van der Waals surface area contributed by atoms with Gasteiger partial charge < -0.3 is 9.80 Å². The topological polar surface area (TPSA) is 53.5 Å². The largest absolute Gasteiger partial charge is 0.338 e. The van der Waals surface area contributed by atoms with Gasteiger partial charge in [-0.1, -0.05) is 60.7 Å². The normalized spacial score (nSPS) is 15.8. The SMILES string of the molecule is Cc1ccccc1CN(Cc1cccnc1)C(=O)C1CC(=O)N(Cc2ccccc2)C1. The van der Waals surface area contributed by atoms with Crippen LogP contribution in [-0.4, -0.2) is 33.1 Å². The Morgan fingerprint density at radius 2 is 1.74 bits per heavy atom. The number of benzene rings is 2. The molecule has 5 nitrogen and oxygen atoms in total. The summed E-state index contributed by atoms with van der Waals surface area (Å²) >= 11 is 0. The van der Waals surface area contributed by atoms with Crippen molar-refractivity contribution in [1.29, 1.82) is 0 Å². The molecule has 3 aromatic rings. The second kappa shape index (κ2) is 9.56. The molecular weight excluding hydrogens is 386 g/mol. The first-order valence-electron chi connectivity index (χ1n) is 10.6. The maximum Gasteiger partial charge on any atom is 0.228 e. The number of amides is 2. The lowest BCUT2D eigenvalue weighted by Crippen LogP contribution is -2.36. The summed E-state index contributed by atoms with van der Waals surface area (Å²) in [7, 11) is 0. The maximum absolute atomic E-state index is 13.5. The van der Waals surface area contributed by atoms with Crippen LogP contribution < -0.4 is 0 Å². The van der Waals surface area contributed by atoms with Crippen molar-refractivity contribution in [2.24, 2.45) is 5.92 Å². The molecule has 0 radical (unpaired) electrons. The number of nitrogens with zero attached hydrogens (tertiary/aromatic N) is 3.